The Morgan fingerprint density at radius 2 is 1.78 bits per heavy atom. The van der Waals surface area contributed by atoms with Crippen molar-refractivity contribution < 1.29 is 14.4 Å². The van der Waals surface area contributed by atoms with Crippen LogP contribution in [0.25, 0.3) is 0 Å². The molecule has 2 aromatic rings. The fourth-order valence-corrected chi connectivity index (χ4v) is 1.98. The van der Waals surface area contributed by atoms with E-state index in [-0.39, 0.29) is 18.9 Å². The normalized spacial score (nSPS) is 9.96. The Balaban J connectivity index is 1.70. The van der Waals surface area contributed by atoms with Crippen LogP contribution in [-0.2, 0) is 4.79 Å². The number of nitrogens with one attached hydrogen (secondary N) is 4. The van der Waals surface area contributed by atoms with E-state index < -0.39 is 11.8 Å². The molecule has 0 bridgehead atoms. The largest absolute Gasteiger partial charge is 0.357 e. The minimum atomic E-state index is -0.455. The van der Waals surface area contributed by atoms with Gasteiger partial charge in [-0.3, -0.25) is 25.2 Å². The molecule has 0 radical (unpaired) electrons. The van der Waals surface area contributed by atoms with Gasteiger partial charge in [0.1, 0.15) is 5.69 Å². The fourth-order valence-electron chi connectivity index (χ4n) is 1.76. The van der Waals surface area contributed by atoms with Crippen LogP contribution < -0.4 is 16.2 Å². The summed E-state index contributed by atoms with van der Waals surface area (Å²) in [5, 5.41) is 2.92. The minimum Gasteiger partial charge on any atom is -0.357 e. The zero-order chi connectivity index (χ0) is 16.7. The Bertz CT molecular complexity index is 701. The number of halogens is 1. The smallest absolute Gasteiger partial charge is 0.286 e. The molecule has 0 atom stereocenters. The first-order valence-corrected chi connectivity index (χ1v) is 7.21. The van der Waals surface area contributed by atoms with Gasteiger partial charge in [0.25, 0.3) is 11.8 Å². The zero-order valence-electron chi connectivity index (χ0n) is 12.1. The fraction of sp³-hybridized carbons (Fsp3) is 0.133. The molecule has 7 nitrogen and oxygen atoms in total. The molecule has 0 aliphatic rings. The monoisotopic (exact) mass is 334 g/mol. The van der Waals surface area contributed by atoms with Crippen LogP contribution in [-0.4, -0.2) is 29.3 Å². The standard InChI is InChI=1S/C15H15ClN4O3/c16-11-5-2-1-4-10(11)14(22)18-9-7-13(21)19-20-15(23)12-6-3-8-17-12/h1-6,8,17H,7,9H2,(H,18,22)(H,19,21)(H,20,23). The second-order valence-electron chi connectivity index (χ2n) is 4.57. The van der Waals surface area contributed by atoms with Gasteiger partial charge in [-0.25, -0.2) is 0 Å². The van der Waals surface area contributed by atoms with Crippen molar-refractivity contribution in [1.82, 2.24) is 21.2 Å². The predicted octanol–water partition coefficient (Wildman–Crippen LogP) is 1.25. The molecule has 1 aromatic carbocycles. The van der Waals surface area contributed by atoms with Crippen LogP contribution in [0.1, 0.15) is 27.3 Å². The van der Waals surface area contributed by atoms with Crippen LogP contribution in [0.15, 0.2) is 42.6 Å². The number of hydrazine groups is 1. The number of benzene rings is 1. The summed E-state index contributed by atoms with van der Waals surface area (Å²) >= 11 is 5.90. The molecule has 4 N–H and O–H groups in total. The SMILES string of the molecule is O=C(CCNC(=O)c1ccccc1Cl)NNC(=O)c1ccc[nH]1. The van der Waals surface area contributed by atoms with Gasteiger partial charge < -0.3 is 10.3 Å². The maximum absolute atomic E-state index is 11.9. The van der Waals surface area contributed by atoms with Crippen LogP contribution in [0.4, 0.5) is 0 Å². The van der Waals surface area contributed by atoms with Gasteiger partial charge in [0.15, 0.2) is 0 Å². The van der Waals surface area contributed by atoms with E-state index >= 15 is 0 Å². The Morgan fingerprint density at radius 3 is 2.48 bits per heavy atom. The molecule has 0 unspecified atom stereocenters. The van der Waals surface area contributed by atoms with E-state index in [0.717, 1.165) is 0 Å². The van der Waals surface area contributed by atoms with Gasteiger partial charge in [-0.05, 0) is 24.3 Å². The Hall–Kier alpha value is -2.80. The van der Waals surface area contributed by atoms with E-state index in [4.69, 9.17) is 11.6 Å². The molecule has 120 valence electrons. The van der Waals surface area contributed by atoms with Crippen molar-refractivity contribution in [2.45, 2.75) is 6.42 Å². The van der Waals surface area contributed by atoms with E-state index in [1.165, 1.54) is 0 Å². The molecule has 0 aliphatic heterocycles. The lowest BCUT2D eigenvalue weighted by Crippen LogP contribution is -2.42. The second kappa shape index (κ2) is 8.00. The number of rotatable bonds is 5. The van der Waals surface area contributed by atoms with Crippen molar-refractivity contribution in [2.24, 2.45) is 0 Å². The lowest BCUT2D eigenvalue weighted by Gasteiger charge is -2.08. The van der Waals surface area contributed by atoms with Crippen molar-refractivity contribution in [3.05, 3.63) is 58.9 Å². The van der Waals surface area contributed by atoms with Crippen LogP contribution >= 0.6 is 11.6 Å². The van der Waals surface area contributed by atoms with Crippen molar-refractivity contribution in [2.75, 3.05) is 6.54 Å². The first kappa shape index (κ1) is 16.6. The quantitative estimate of drug-likeness (QED) is 0.619. The van der Waals surface area contributed by atoms with Gasteiger partial charge in [0, 0.05) is 19.2 Å². The highest BCUT2D eigenvalue weighted by molar-refractivity contribution is 6.33. The minimum absolute atomic E-state index is 0.0151. The molecule has 0 fully saturated rings. The molecule has 2 rings (SSSR count). The molecule has 0 aliphatic carbocycles. The number of amides is 3. The van der Waals surface area contributed by atoms with Gasteiger partial charge in [-0.1, -0.05) is 23.7 Å². The van der Waals surface area contributed by atoms with Gasteiger partial charge in [0.2, 0.25) is 5.91 Å². The Labute approximate surface area is 137 Å². The highest BCUT2D eigenvalue weighted by Crippen LogP contribution is 2.14. The molecule has 23 heavy (non-hydrogen) atoms. The topological polar surface area (TPSA) is 103 Å². The van der Waals surface area contributed by atoms with E-state index in [2.05, 4.69) is 21.2 Å². The summed E-state index contributed by atoms with van der Waals surface area (Å²) in [6.07, 6.45) is 1.61. The van der Waals surface area contributed by atoms with Gasteiger partial charge in [-0.2, -0.15) is 0 Å². The summed E-state index contributed by atoms with van der Waals surface area (Å²) in [6, 6.07) is 9.86. The Morgan fingerprint density at radius 1 is 1.00 bits per heavy atom. The molecular formula is C15H15ClN4O3. The third kappa shape index (κ3) is 4.86. The molecule has 0 saturated heterocycles. The molecular weight excluding hydrogens is 320 g/mol. The molecule has 1 heterocycles. The van der Waals surface area contributed by atoms with E-state index in [9.17, 15) is 14.4 Å². The third-order valence-electron chi connectivity index (χ3n) is 2.91. The first-order chi connectivity index (χ1) is 11.1. The number of aromatic amines is 1. The summed E-state index contributed by atoms with van der Waals surface area (Å²) in [5.41, 5.74) is 5.19. The van der Waals surface area contributed by atoms with Crippen LogP contribution in [0, 0.1) is 0 Å². The Kier molecular flexibility index (Phi) is 5.76. The lowest BCUT2D eigenvalue weighted by atomic mass is 10.2. The number of carbonyl (C=O) groups is 3. The van der Waals surface area contributed by atoms with Gasteiger partial charge in [-0.15, -0.1) is 0 Å². The number of H-pyrrole nitrogens is 1. The highest BCUT2D eigenvalue weighted by atomic mass is 35.5. The predicted molar refractivity (Wildman–Crippen MR) is 84.8 cm³/mol. The van der Waals surface area contributed by atoms with Gasteiger partial charge >= 0.3 is 0 Å². The number of hydrogen-bond acceptors (Lipinski definition) is 3. The van der Waals surface area contributed by atoms with Crippen molar-refractivity contribution in [3.63, 3.8) is 0 Å². The average molecular weight is 335 g/mol. The van der Waals surface area contributed by atoms with E-state index in [1.807, 2.05) is 0 Å². The highest BCUT2D eigenvalue weighted by Gasteiger charge is 2.10. The second-order valence-corrected chi connectivity index (χ2v) is 4.98. The molecule has 3 amide bonds. The molecule has 8 heteroatoms. The average Bonchev–Trinajstić information content (AvgIpc) is 3.07. The maximum Gasteiger partial charge on any atom is 0.286 e. The summed E-state index contributed by atoms with van der Waals surface area (Å²) < 4.78 is 0. The van der Waals surface area contributed by atoms with Crippen LogP contribution in [0.5, 0.6) is 0 Å². The third-order valence-corrected chi connectivity index (χ3v) is 3.24. The van der Waals surface area contributed by atoms with E-state index in [1.54, 1.807) is 42.6 Å². The first-order valence-electron chi connectivity index (χ1n) is 6.83. The summed E-state index contributed by atoms with van der Waals surface area (Å²) in [4.78, 5) is 37.7. The lowest BCUT2D eigenvalue weighted by molar-refractivity contribution is -0.121. The van der Waals surface area contributed by atoms with Crippen molar-refractivity contribution in [3.8, 4) is 0 Å². The van der Waals surface area contributed by atoms with Crippen molar-refractivity contribution in [1.29, 1.82) is 0 Å². The number of carbonyl (C=O) groups excluding carboxylic acids is 3. The number of hydrogen-bond donors (Lipinski definition) is 4. The van der Waals surface area contributed by atoms with Gasteiger partial charge in [0.05, 0.1) is 10.6 Å². The summed E-state index contributed by atoms with van der Waals surface area (Å²) in [6.45, 7) is 0.119. The van der Waals surface area contributed by atoms with Crippen LogP contribution in [0.3, 0.4) is 0 Å². The molecule has 0 saturated carbocycles. The molecule has 1 aromatic heterocycles. The van der Waals surface area contributed by atoms with E-state index in [0.29, 0.717) is 16.3 Å². The summed E-state index contributed by atoms with van der Waals surface area (Å²) in [7, 11) is 0. The molecule has 0 spiro atoms. The van der Waals surface area contributed by atoms with Crippen LogP contribution in [0.2, 0.25) is 5.02 Å². The summed E-state index contributed by atoms with van der Waals surface area (Å²) in [5.74, 6) is -1.24. The maximum atomic E-state index is 11.9. The van der Waals surface area contributed by atoms with Crippen molar-refractivity contribution >= 4 is 29.3 Å². The zero-order valence-corrected chi connectivity index (χ0v) is 12.8. The number of aromatic nitrogens is 1.